The van der Waals surface area contributed by atoms with E-state index in [1.807, 2.05) is 0 Å². The Labute approximate surface area is 104 Å². The van der Waals surface area contributed by atoms with Gasteiger partial charge in [-0.15, -0.1) is 11.8 Å². The van der Waals surface area contributed by atoms with Crippen LogP contribution in [0.15, 0.2) is 23.4 Å². The van der Waals surface area contributed by atoms with E-state index in [9.17, 15) is 4.79 Å². The van der Waals surface area contributed by atoms with Crippen molar-refractivity contribution in [1.29, 1.82) is 0 Å². The largest absolute Gasteiger partial charge is 0.468 e. The van der Waals surface area contributed by atoms with Gasteiger partial charge in [0.05, 0.1) is 12.1 Å². The molecule has 1 heterocycles. The van der Waals surface area contributed by atoms with Crippen molar-refractivity contribution in [1.82, 2.24) is 4.98 Å². The Hall–Kier alpha value is -0.780. The van der Waals surface area contributed by atoms with Crippen molar-refractivity contribution in [3.05, 3.63) is 23.4 Å². The van der Waals surface area contributed by atoms with E-state index in [4.69, 9.17) is 17.3 Å². The number of nitrogens with zero attached hydrogens (tertiary/aromatic N) is 1. The number of carbonyl (C=O) groups excluding carboxylic acids is 1. The highest BCUT2D eigenvalue weighted by Crippen LogP contribution is 2.24. The number of hydrogen-bond acceptors (Lipinski definition) is 5. The molecule has 4 nitrogen and oxygen atoms in total. The molecule has 0 aromatic carbocycles. The lowest BCUT2D eigenvalue weighted by Crippen LogP contribution is -2.31. The Kier molecular flexibility index (Phi) is 5.59. The molecule has 88 valence electrons. The van der Waals surface area contributed by atoms with E-state index in [0.717, 1.165) is 5.03 Å². The Morgan fingerprint density at radius 3 is 3.12 bits per heavy atom. The van der Waals surface area contributed by atoms with Crippen molar-refractivity contribution in [2.24, 2.45) is 5.73 Å². The van der Waals surface area contributed by atoms with E-state index >= 15 is 0 Å². The first kappa shape index (κ1) is 13.3. The molecule has 0 aliphatic heterocycles. The number of aromatic nitrogens is 1. The zero-order chi connectivity index (χ0) is 12.0. The number of hydrogen-bond donors (Lipinski definition) is 1. The Bertz CT molecular complexity index is 362. The summed E-state index contributed by atoms with van der Waals surface area (Å²) in [5.74, 6) is 0.278. The number of nitrogens with two attached hydrogens (primary N) is 1. The van der Waals surface area contributed by atoms with Crippen LogP contribution < -0.4 is 5.73 Å². The summed E-state index contributed by atoms with van der Waals surface area (Å²) in [5, 5.41) is 1.36. The predicted octanol–water partition coefficient (Wildman–Crippen LogP) is 1.72. The van der Waals surface area contributed by atoms with Crippen LogP contribution in [0.4, 0.5) is 0 Å². The van der Waals surface area contributed by atoms with E-state index in [2.05, 4.69) is 9.72 Å². The van der Waals surface area contributed by atoms with E-state index < -0.39 is 12.0 Å². The molecule has 1 rings (SSSR count). The summed E-state index contributed by atoms with van der Waals surface area (Å²) in [7, 11) is 1.32. The van der Waals surface area contributed by atoms with Crippen molar-refractivity contribution < 1.29 is 9.53 Å². The van der Waals surface area contributed by atoms with Gasteiger partial charge in [-0.1, -0.05) is 11.6 Å². The molecule has 16 heavy (non-hydrogen) atoms. The number of methoxy groups -OCH3 is 1. The van der Waals surface area contributed by atoms with Crippen LogP contribution in [-0.4, -0.2) is 29.9 Å². The third-order valence-corrected chi connectivity index (χ3v) is 3.35. The quantitative estimate of drug-likeness (QED) is 0.645. The van der Waals surface area contributed by atoms with Gasteiger partial charge in [0.25, 0.3) is 0 Å². The van der Waals surface area contributed by atoms with Crippen molar-refractivity contribution in [2.45, 2.75) is 17.5 Å². The number of ether oxygens (including phenoxy) is 1. The molecule has 1 atom stereocenters. The number of halogens is 1. The zero-order valence-electron chi connectivity index (χ0n) is 8.85. The second-order valence-corrected chi connectivity index (χ2v) is 4.55. The number of carbonyl (C=O) groups is 1. The Balaban J connectivity index is 2.36. The van der Waals surface area contributed by atoms with Gasteiger partial charge in [0.2, 0.25) is 0 Å². The van der Waals surface area contributed by atoms with Crippen LogP contribution in [0, 0.1) is 0 Å². The lowest BCUT2D eigenvalue weighted by atomic mass is 10.2. The predicted molar refractivity (Wildman–Crippen MR) is 64.6 cm³/mol. The third kappa shape index (κ3) is 4.00. The molecule has 1 aromatic heterocycles. The molecule has 0 aliphatic rings. The molecule has 1 unspecified atom stereocenters. The van der Waals surface area contributed by atoms with Gasteiger partial charge in [0, 0.05) is 11.9 Å². The molecular formula is C10H13ClN2O2S. The monoisotopic (exact) mass is 260 g/mol. The molecule has 6 heteroatoms. The molecule has 1 aromatic rings. The molecule has 0 saturated carbocycles. The fourth-order valence-electron chi connectivity index (χ4n) is 1.03. The minimum atomic E-state index is -0.583. The highest BCUT2D eigenvalue weighted by atomic mass is 35.5. The molecule has 0 saturated heterocycles. The minimum Gasteiger partial charge on any atom is -0.468 e. The highest BCUT2D eigenvalue weighted by molar-refractivity contribution is 7.99. The molecule has 0 amide bonds. The van der Waals surface area contributed by atoms with Gasteiger partial charge in [-0.2, -0.15) is 0 Å². The standard InChI is InChI=1S/C10H13ClN2O2S/c1-15-10(14)8(12)4-6-16-9-7(11)3-2-5-13-9/h2-3,5,8H,4,6,12H2,1H3. The Morgan fingerprint density at radius 1 is 1.75 bits per heavy atom. The van der Waals surface area contributed by atoms with Crippen molar-refractivity contribution in [3.63, 3.8) is 0 Å². The number of rotatable bonds is 5. The van der Waals surface area contributed by atoms with Crippen LogP contribution in [-0.2, 0) is 9.53 Å². The van der Waals surface area contributed by atoms with E-state index in [1.54, 1.807) is 18.3 Å². The maximum absolute atomic E-state index is 11.0. The Morgan fingerprint density at radius 2 is 2.50 bits per heavy atom. The first-order valence-electron chi connectivity index (χ1n) is 4.72. The van der Waals surface area contributed by atoms with Gasteiger partial charge < -0.3 is 10.5 Å². The highest BCUT2D eigenvalue weighted by Gasteiger charge is 2.13. The zero-order valence-corrected chi connectivity index (χ0v) is 10.4. The average molecular weight is 261 g/mol. The molecular weight excluding hydrogens is 248 g/mol. The van der Waals surface area contributed by atoms with Gasteiger partial charge in [-0.05, 0) is 18.6 Å². The van der Waals surface area contributed by atoms with Gasteiger partial charge in [-0.25, -0.2) is 4.98 Å². The molecule has 2 N–H and O–H groups in total. The lowest BCUT2D eigenvalue weighted by Gasteiger charge is -2.08. The van der Waals surface area contributed by atoms with Gasteiger partial charge in [0.15, 0.2) is 0 Å². The van der Waals surface area contributed by atoms with Crippen molar-refractivity contribution >= 4 is 29.3 Å². The summed E-state index contributed by atoms with van der Waals surface area (Å²) in [5.41, 5.74) is 5.59. The first-order valence-corrected chi connectivity index (χ1v) is 6.08. The summed E-state index contributed by atoms with van der Waals surface area (Å²) in [6, 6.07) is 2.96. The van der Waals surface area contributed by atoms with E-state index in [0.29, 0.717) is 17.2 Å². The summed E-state index contributed by atoms with van der Waals surface area (Å²) in [6.07, 6.45) is 2.21. The van der Waals surface area contributed by atoms with Crippen LogP contribution in [0.1, 0.15) is 6.42 Å². The fourth-order valence-corrected chi connectivity index (χ4v) is 2.22. The third-order valence-electron chi connectivity index (χ3n) is 1.90. The first-order chi connectivity index (χ1) is 7.65. The maximum Gasteiger partial charge on any atom is 0.322 e. The molecule has 0 spiro atoms. The number of esters is 1. The summed E-state index contributed by atoms with van der Waals surface area (Å²) < 4.78 is 4.52. The van der Waals surface area contributed by atoms with Crippen LogP contribution in [0.3, 0.4) is 0 Å². The smallest absolute Gasteiger partial charge is 0.322 e. The van der Waals surface area contributed by atoms with Gasteiger partial charge in [-0.3, -0.25) is 4.79 Å². The second-order valence-electron chi connectivity index (χ2n) is 3.06. The fraction of sp³-hybridized carbons (Fsp3) is 0.400. The normalized spacial score (nSPS) is 12.2. The average Bonchev–Trinajstić information content (AvgIpc) is 2.30. The SMILES string of the molecule is COC(=O)C(N)CCSc1ncccc1Cl. The maximum atomic E-state index is 11.0. The summed E-state index contributed by atoms with van der Waals surface area (Å²) >= 11 is 7.40. The number of pyridine rings is 1. The van der Waals surface area contributed by atoms with E-state index in [1.165, 1.54) is 18.9 Å². The molecule has 0 aliphatic carbocycles. The van der Waals surface area contributed by atoms with Crippen molar-refractivity contribution in [3.8, 4) is 0 Å². The van der Waals surface area contributed by atoms with Crippen LogP contribution >= 0.6 is 23.4 Å². The number of thioether (sulfide) groups is 1. The topological polar surface area (TPSA) is 65.2 Å². The van der Waals surface area contributed by atoms with Gasteiger partial charge in [0.1, 0.15) is 11.1 Å². The summed E-state index contributed by atoms with van der Waals surface area (Å²) in [6.45, 7) is 0. The van der Waals surface area contributed by atoms with E-state index in [-0.39, 0.29) is 0 Å². The molecule has 0 fully saturated rings. The molecule has 0 radical (unpaired) electrons. The summed E-state index contributed by atoms with van der Waals surface area (Å²) in [4.78, 5) is 15.1. The lowest BCUT2D eigenvalue weighted by molar-refractivity contribution is -0.142. The second kappa shape index (κ2) is 6.73. The van der Waals surface area contributed by atoms with Crippen LogP contribution in [0.5, 0.6) is 0 Å². The van der Waals surface area contributed by atoms with Crippen LogP contribution in [0.2, 0.25) is 5.02 Å². The van der Waals surface area contributed by atoms with Gasteiger partial charge >= 0.3 is 5.97 Å². The minimum absolute atomic E-state index is 0.396. The molecule has 0 bridgehead atoms. The van der Waals surface area contributed by atoms with Crippen LogP contribution in [0.25, 0.3) is 0 Å². The van der Waals surface area contributed by atoms with Crippen molar-refractivity contribution in [2.75, 3.05) is 12.9 Å².